The van der Waals surface area contributed by atoms with Crippen LogP contribution in [0.5, 0.6) is 0 Å². The van der Waals surface area contributed by atoms with Gasteiger partial charge in [0, 0.05) is 11.9 Å². The van der Waals surface area contributed by atoms with Crippen molar-refractivity contribution >= 4 is 17.4 Å². The van der Waals surface area contributed by atoms with E-state index in [-0.39, 0.29) is 17.8 Å². The van der Waals surface area contributed by atoms with Gasteiger partial charge in [-0.15, -0.1) is 5.10 Å². The zero-order valence-electron chi connectivity index (χ0n) is 18.8. The molecule has 1 atom stereocenters. The van der Waals surface area contributed by atoms with Crippen molar-refractivity contribution in [2.45, 2.75) is 45.2 Å². The SMILES string of the molecule is CC(C)c1ccc2c(c1)C(NC(=O)Nc1cccc(Cn3nc4ccccn4c3=O)c1)CC2. The van der Waals surface area contributed by atoms with Gasteiger partial charge in [0.05, 0.1) is 12.6 Å². The number of nitrogens with zero attached hydrogens (tertiary/aromatic N) is 3. The number of hydrogen-bond donors (Lipinski definition) is 2. The Hall–Kier alpha value is -3.87. The molecule has 2 amide bonds. The molecule has 33 heavy (non-hydrogen) atoms. The van der Waals surface area contributed by atoms with Crippen molar-refractivity contribution in [3.8, 4) is 0 Å². The van der Waals surface area contributed by atoms with Gasteiger partial charge in [-0.25, -0.2) is 14.3 Å². The standard InChI is InChI=1S/C26H27N5O2/c1-17(2)20-10-9-19-11-12-23(22(19)15-20)28-25(32)27-21-7-5-6-18(14-21)16-31-26(33)30-13-4-3-8-24(30)29-31/h3-10,13-15,17,23H,11-12,16H2,1-2H3,(H2,27,28,32). The topological polar surface area (TPSA) is 80.4 Å². The van der Waals surface area contributed by atoms with Crippen molar-refractivity contribution in [2.75, 3.05) is 5.32 Å². The van der Waals surface area contributed by atoms with Crippen molar-refractivity contribution in [1.82, 2.24) is 19.5 Å². The Morgan fingerprint density at radius 2 is 2.00 bits per heavy atom. The van der Waals surface area contributed by atoms with Crippen molar-refractivity contribution in [3.05, 3.63) is 99.6 Å². The average molecular weight is 442 g/mol. The molecule has 7 nitrogen and oxygen atoms in total. The minimum atomic E-state index is -0.232. The number of carbonyl (C=O) groups excluding carboxylic acids is 1. The Kier molecular flexibility index (Phi) is 5.46. The Bertz CT molecular complexity index is 1380. The van der Waals surface area contributed by atoms with Gasteiger partial charge < -0.3 is 10.6 Å². The second-order valence-electron chi connectivity index (χ2n) is 8.87. The maximum absolute atomic E-state index is 12.7. The van der Waals surface area contributed by atoms with Gasteiger partial charge in [-0.1, -0.05) is 50.2 Å². The lowest BCUT2D eigenvalue weighted by atomic mass is 9.97. The monoisotopic (exact) mass is 441 g/mol. The van der Waals surface area contributed by atoms with E-state index in [4.69, 9.17) is 0 Å². The van der Waals surface area contributed by atoms with Crippen LogP contribution < -0.4 is 16.3 Å². The van der Waals surface area contributed by atoms with Crippen LogP contribution in [0.2, 0.25) is 0 Å². The zero-order valence-corrected chi connectivity index (χ0v) is 18.8. The summed E-state index contributed by atoms with van der Waals surface area (Å²) in [4.78, 5) is 25.3. The molecule has 0 bridgehead atoms. The molecule has 2 N–H and O–H groups in total. The molecule has 168 valence electrons. The van der Waals surface area contributed by atoms with Gasteiger partial charge in [-0.2, -0.15) is 0 Å². The first-order valence-corrected chi connectivity index (χ1v) is 11.3. The first kappa shape index (κ1) is 21.0. The van der Waals surface area contributed by atoms with Crippen LogP contribution in [-0.2, 0) is 13.0 Å². The molecule has 4 aromatic rings. The van der Waals surface area contributed by atoms with Crippen LogP contribution in [0.4, 0.5) is 10.5 Å². The first-order valence-electron chi connectivity index (χ1n) is 11.3. The minimum Gasteiger partial charge on any atom is -0.331 e. The summed E-state index contributed by atoms with van der Waals surface area (Å²) >= 11 is 0. The molecule has 0 radical (unpaired) electrons. The molecule has 0 fully saturated rings. The number of pyridine rings is 1. The fourth-order valence-corrected chi connectivity index (χ4v) is 4.45. The lowest BCUT2D eigenvalue weighted by Gasteiger charge is -2.17. The van der Waals surface area contributed by atoms with E-state index >= 15 is 0 Å². The van der Waals surface area contributed by atoms with E-state index in [0.717, 1.165) is 18.4 Å². The van der Waals surface area contributed by atoms with Crippen LogP contribution in [0.25, 0.3) is 5.65 Å². The van der Waals surface area contributed by atoms with Crippen molar-refractivity contribution in [3.63, 3.8) is 0 Å². The van der Waals surface area contributed by atoms with Gasteiger partial charge in [-0.3, -0.25) is 4.40 Å². The number of aryl methyl sites for hydroxylation is 1. The Balaban J connectivity index is 1.28. The number of carbonyl (C=O) groups is 1. The summed E-state index contributed by atoms with van der Waals surface area (Å²) < 4.78 is 2.94. The molecule has 1 aliphatic rings. The van der Waals surface area contributed by atoms with Gasteiger partial charge in [0.1, 0.15) is 0 Å². The van der Waals surface area contributed by atoms with Crippen LogP contribution >= 0.6 is 0 Å². The largest absolute Gasteiger partial charge is 0.350 e. The van der Waals surface area contributed by atoms with Crippen LogP contribution in [0.15, 0.2) is 71.7 Å². The van der Waals surface area contributed by atoms with E-state index in [9.17, 15) is 9.59 Å². The highest BCUT2D eigenvalue weighted by Crippen LogP contribution is 2.33. The van der Waals surface area contributed by atoms with Gasteiger partial charge >= 0.3 is 11.7 Å². The third-order valence-corrected chi connectivity index (χ3v) is 6.23. The lowest BCUT2D eigenvalue weighted by molar-refractivity contribution is 0.248. The van der Waals surface area contributed by atoms with E-state index < -0.39 is 0 Å². The van der Waals surface area contributed by atoms with Crippen LogP contribution in [0, 0.1) is 0 Å². The van der Waals surface area contributed by atoms with Crippen molar-refractivity contribution in [1.29, 1.82) is 0 Å². The molecule has 7 heteroatoms. The summed E-state index contributed by atoms with van der Waals surface area (Å²) in [5.74, 6) is 0.452. The molecule has 2 aromatic carbocycles. The number of nitrogens with one attached hydrogen (secondary N) is 2. The van der Waals surface area contributed by atoms with Gasteiger partial charge in [-0.05, 0) is 65.3 Å². The third kappa shape index (κ3) is 4.26. The molecule has 5 rings (SSSR count). The fourth-order valence-electron chi connectivity index (χ4n) is 4.45. The second-order valence-corrected chi connectivity index (χ2v) is 8.87. The van der Waals surface area contributed by atoms with Crippen LogP contribution in [-0.4, -0.2) is 20.2 Å². The maximum atomic E-state index is 12.7. The zero-order chi connectivity index (χ0) is 22.9. The number of anilines is 1. The van der Waals surface area contributed by atoms with Crippen LogP contribution in [0.1, 0.15) is 54.5 Å². The van der Waals surface area contributed by atoms with Gasteiger partial charge in [0.15, 0.2) is 5.65 Å². The van der Waals surface area contributed by atoms with Gasteiger partial charge in [0.2, 0.25) is 0 Å². The summed E-state index contributed by atoms with van der Waals surface area (Å²) in [5.41, 5.74) is 5.79. The average Bonchev–Trinajstić information content (AvgIpc) is 3.34. The highest BCUT2D eigenvalue weighted by Gasteiger charge is 2.24. The molecule has 0 saturated heterocycles. The van der Waals surface area contributed by atoms with E-state index in [1.54, 1.807) is 18.3 Å². The first-order chi connectivity index (χ1) is 16.0. The Morgan fingerprint density at radius 1 is 1.12 bits per heavy atom. The molecular weight excluding hydrogens is 414 g/mol. The number of benzene rings is 2. The summed E-state index contributed by atoms with van der Waals surface area (Å²) in [7, 11) is 0. The molecule has 0 spiro atoms. The lowest BCUT2D eigenvalue weighted by Crippen LogP contribution is -2.31. The summed E-state index contributed by atoms with van der Waals surface area (Å²) in [5, 5.41) is 10.4. The van der Waals surface area contributed by atoms with Crippen LogP contribution in [0.3, 0.4) is 0 Å². The Morgan fingerprint density at radius 3 is 2.82 bits per heavy atom. The molecule has 1 unspecified atom stereocenters. The molecule has 0 aliphatic heterocycles. The summed E-state index contributed by atoms with van der Waals surface area (Å²) in [6, 6.07) is 19.3. The predicted octanol–water partition coefficient (Wildman–Crippen LogP) is 4.48. The third-order valence-electron chi connectivity index (χ3n) is 6.23. The van der Waals surface area contributed by atoms with E-state index in [2.05, 4.69) is 47.8 Å². The quantitative estimate of drug-likeness (QED) is 0.479. The fraction of sp³-hybridized carbons (Fsp3) is 0.269. The molecule has 0 saturated carbocycles. The predicted molar refractivity (Wildman–Crippen MR) is 129 cm³/mol. The number of urea groups is 1. The number of rotatable bonds is 5. The molecular formula is C26H27N5O2. The normalized spacial score (nSPS) is 15.1. The molecule has 2 heterocycles. The second kappa shape index (κ2) is 8.58. The van der Waals surface area contributed by atoms with Crippen molar-refractivity contribution in [2.24, 2.45) is 0 Å². The number of aromatic nitrogens is 3. The van der Waals surface area contributed by atoms with E-state index in [0.29, 0.717) is 23.8 Å². The molecule has 2 aromatic heterocycles. The van der Waals surface area contributed by atoms with E-state index in [1.807, 2.05) is 30.3 Å². The summed E-state index contributed by atoms with van der Waals surface area (Å²) in [6.07, 6.45) is 3.58. The van der Waals surface area contributed by atoms with Gasteiger partial charge in [0.25, 0.3) is 0 Å². The maximum Gasteiger partial charge on any atom is 0.350 e. The van der Waals surface area contributed by atoms with Crippen molar-refractivity contribution < 1.29 is 4.79 Å². The molecule has 1 aliphatic carbocycles. The summed E-state index contributed by atoms with van der Waals surface area (Å²) in [6.45, 7) is 4.68. The number of amides is 2. The Labute approximate surface area is 192 Å². The highest BCUT2D eigenvalue weighted by molar-refractivity contribution is 5.89. The van der Waals surface area contributed by atoms with E-state index in [1.165, 1.54) is 25.8 Å². The number of fused-ring (bicyclic) bond motifs is 2. The number of hydrogen-bond acceptors (Lipinski definition) is 3. The minimum absolute atomic E-state index is 0.0124. The highest BCUT2D eigenvalue weighted by atomic mass is 16.2. The smallest absolute Gasteiger partial charge is 0.331 e.